The second kappa shape index (κ2) is 3.18. The summed E-state index contributed by atoms with van der Waals surface area (Å²) in [6, 6.07) is 1.77. The minimum Gasteiger partial charge on any atom is -0.359 e. The molecule has 2 rings (SSSR count). The number of halogens is 1. The summed E-state index contributed by atoms with van der Waals surface area (Å²) in [5, 5.41) is 11.5. The van der Waals surface area contributed by atoms with Gasteiger partial charge in [0, 0.05) is 6.07 Å². The molecule has 5 nitrogen and oxygen atoms in total. The van der Waals surface area contributed by atoms with Crippen LogP contribution in [-0.2, 0) is 6.54 Å². The van der Waals surface area contributed by atoms with Gasteiger partial charge in [-0.15, -0.1) is 10.2 Å². The lowest BCUT2D eigenvalue weighted by Crippen LogP contribution is -2.01. The second-order valence-corrected chi connectivity index (χ2v) is 2.92. The fraction of sp³-hybridized carbons (Fsp3) is 0.286. The van der Waals surface area contributed by atoms with Gasteiger partial charge < -0.3 is 4.52 Å². The zero-order valence-electron chi connectivity index (χ0n) is 6.94. The van der Waals surface area contributed by atoms with Crippen LogP contribution in [0.4, 0.5) is 0 Å². The molecule has 0 bridgehead atoms. The number of nitrogens with zero attached hydrogens (tertiary/aromatic N) is 4. The highest BCUT2D eigenvalue weighted by atomic mass is 35.5. The number of aryl methyl sites for hydroxylation is 1. The fourth-order valence-electron chi connectivity index (χ4n) is 1.01. The molecule has 0 aliphatic carbocycles. The Morgan fingerprint density at radius 1 is 1.54 bits per heavy atom. The molecule has 0 saturated heterocycles. The van der Waals surface area contributed by atoms with Crippen LogP contribution in [0, 0.1) is 6.92 Å². The molecule has 0 aromatic carbocycles. The molecule has 0 amide bonds. The Morgan fingerprint density at radius 2 is 2.38 bits per heavy atom. The maximum atomic E-state index is 5.79. The molecule has 0 spiro atoms. The standard InChI is InChI=1S/C7H7ClN4O/c1-5-10-11-7(8)12(5)4-6-2-3-9-13-6/h2-3H,4H2,1H3. The average Bonchev–Trinajstić information content (AvgIpc) is 2.70. The quantitative estimate of drug-likeness (QED) is 0.730. The van der Waals surface area contributed by atoms with Crippen molar-refractivity contribution < 1.29 is 4.52 Å². The third-order valence-corrected chi connectivity index (χ3v) is 1.98. The van der Waals surface area contributed by atoms with Crippen molar-refractivity contribution in [3.05, 3.63) is 29.1 Å². The van der Waals surface area contributed by atoms with Gasteiger partial charge >= 0.3 is 0 Å². The summed E-state index contributed by atoms with van der Waals surface area (Å²) in [7, 11) is 0. The van der Waals surface area contributed by atoms with E-state index < -0.39 is 0 Å². The van der Waals surface area contributed by atoms with Crippen LogP contribution in [0.2, 0.25) is 5.28 Å². The van der Waals surface area contributed by atoms with Gasteiger partial charge in [-0.2, -0.15) is 0 Å². The monoisotopic (exact) mass is 198 g/mol. The van der Waals surface area contributed by atoms with Crippen LogP contribution in [0.25, 0.3) is 0 Å². The number of aromatic nitrogens is 4. The van der Waals surface area contributed by atoms with Gasteiger partial charge in [0.15, 0.2) is 5.76 Å². The molecule has 0 aliphatic rings. The van der Waals surface area contributed by atoms with Gasteiger partial charge in [-0.3, -0.25) is 4.57 Å². The van der Waals surface area contributed by atoms with Crippen molar-refractivity contribution in [2.75, 3.05) is 0 Å². The van der Waals surface area contributed by atoms with Crippen LogP contribution in [0.3, 0.4) is 0 Å². The first kappa shape index (κ1) is 8.25. The average molecular weight is 199 g/mol. The molecule has 6 heteroatoms. The van der Waals surface area contributed by atoms with E-state index in [4.69, 9.17) is 16.1 Å². The van der Waals surface area contributed by atoms with Gasteiger partial charge in [-0.25, -0.2) is 0 Å². The van der Waals surface area contributed by atoms with E-state index in [1.165, 1.54) is 0 Å². The van der Waals surface area contributed by atoms with Crippen LogP contribution in [0.15, 0.2) is 16.8 Å². The predicted molar refractivity (Wildman–Crippen MR) is 45.4 cm³/mol. The largest absolute Gasteiger partial charge is 0.359 e. The second-order valence-electron chi connectivity index (χ2n) is 2.58. The Labute approximate surface area is 79.3 Å². The van der Waals surface area contributed by atoms with E-state index in [2.05, 4.69) is 15.4 Å². The molecule has 0 saturated carbocycles. The van der Waals surface area contributed by atoms with Crippen molar-refractivity contribution in [2.45, 2.75) is 13.5 Å². The van der Waals surface area contributed by atoms with Crippen LogP contribution < -0.4 is 0 Å². The van der Waals surface area contributed by atoms with Crippen LogP contribution in [-0.4, -0.2) is 19.9 Å². The Bertz CT molecular complexity index is 375. The molecule has 0 fully saturated rings. The van der Waals surface area contributed by atoms with Gasteiger partial charge in [0.2, 0.25) is 5.28 Å². The lowest BCUT2D eigenvalue weighted by Gasteiger charge is -2.00. The van der Waals surface area contributed by atoms with Crippen molar-refractivity contribution in [3.8, 4) is 0 Å². The number of hydrogen-bond acceptors (Lipinski definition) is 4. The summed E-state index contributed by atoms with van der Waals surface area (Å²) >= 11 is 5.79. The van der Waals surface area contributed by atoms with Gasteiger partial charge in [0.05, 0.1) is 12.7 Å². The Hall–Kier alpha value is -1.36. The van der Waals surface area contributed by atoms with E-state index in [0.717, 1.165) is 11.6 Å². The molecule has 0 aliphatic heterocycles. The molecular weight excluding hydrogens is 192 g/mol. The molecule has 2 heterocycles. The molecule has 0 radical (unpaired) electrons. The minimum absolute atomic E-state index is 0.355. The van der Waals surface area contributed by atoms with E-state index >= 15 is 0 Å². The summed E-state index contributed by atoms with van der Waals surface area (Å²) in [4.78, 5) is 0. The first-order valence-corrected chi connectivity index (χ1v) is 4.10. The molecule has 68 valence electrons. The third-order valence-electron chi connectivity index (χ3n) is 1.70. The first-order valence-electron chi connectivity index (χ1n) is 3.72. The van der Waals surface area contributed by atoms with E-state index in [9.17, 15) is 0 Å². The number of rotatable bonds is 2. The minimum atomic E-state index is 0.355. The summed E-state index contributed by atoms with van der Waals surface area (Å²) in [6.07, 6.45) is 1.59. The fourth-order valence-corrected chi connectivity index (χ4v) is 1.23. The predicted octanol–water partition coefficient (Wildman–Crippen LogP) is 1.28. The van der Waals surface area contributed by atoms with E-state index in [1.54, 1.807) is 16.8 Å². The molecule has 0 N–H and O–H groups in total. The zero-order valence-corrected chi connectivity index (χ0v) is 7.69. The van der Waals surface area contributed by atoms with Crippen LogP contribution in [0.5, 0.6) is 0 Å². The molecule has 2 aromatic heterocycles. The molecule has 0 atom stereocenters. The van der Waals surface area contributed by atoms with E-state index in [1.807, 2.05) is 6.92 Å². The maximum absolute atomic E-state index is 5.79. The normalized spacial score (nSPS) is 10.6. The van der Waals surface area contributed by atoms with E-state index in [-0.39, 0.29) is 0 Å². The lowest BCUT2D eigenvalue weighted by molar-refractivity contribution is 0.375. The topological polar surface area (TPSA) is 56.7 Å². The molecule has 0 unspecified atom stereocenters. The highest BCUT2D eigenvalue weighted by Crippen LogP contribution is 2.10. The summed E-state index contributed by atoms with van der Waals surface area (Å²) in [6.45, 7) is 2.34. The SMILES string of the molecule is Cc1nnc(Cl)n1Cc1ccno1. The number of hydrogen-bond donors (Lipinski definition) is 0. The van der Waals surface area contributed by atoms with Crippen LogP contribution >= 0.6 is 11.6 Å². The van der Waals surface area contributed by atoms with Crippen molar-refractivity contribution >= 4 is 11.6 Å². The van der Waals surface area contributed by atoms with E-state index in [0.29, 0.717) is 11.8 Å². The summed E-state index contributed by atoms with van der Waals surface area (Å²) < 4.78 is 6.67. The maximum Gasteiger partial charge on any atom is 0.225 e. The highest BCUT2D eigenvalue weighted by Gasteiger charge is 2.07. The van der Waals surface area contributed by atoms with Gasteiger partial charge in [-0.05, 0) is 18.5 Å². The Balaban J connectivity index is 2.27. The Morgan fingerprint density at radius 3 is 2.92 bits per heavy atom. The highest BCUT2D eigenvalue weighted by molar-refractivity contribution is 6.28. The lowest BCUT2D eigenvalue weighted by atomic mass is 10.4. The van der Waals surface area contributed by atoms with Gasteiger partial charge in [-0.1, -0.05) is 5.16 Å². The van der Waals surface area contributed by atoms with Crippen molar-refractivity contribution in [2.24, 2.45) is 0 Å². The van der Waals surface area contributed by atoms with Gasteiger partial charge in [0.1, 0.15) is 5.82 Å². The summed E-state index contributed by atoms with van der Waals surface area (Å²) in [5.41, 5.74) is 0. The first-order chi connectivity index (χ1) is 6.27. The summed E-state index contributed by atoms with van der Waals surface area (Å²) in [5.74, 6) is 1.48. The Kier molecular flexibility index (Phi) is 2.02. The molecule has 2 aromatic rings. The van der Waals surface area contributed by atoms with Crippen LogP contribution in [0.1, 0.15) is 11.6 Å². The van der Waals surface area contributed by atoms with Crippen molar-refractivity contribution in [1.29, 1.82) is 0 Å². The van der Waals surface area contributed by atoms with Gasteiger partial charge in [0.25, 0.3) is 0 Å². The molecule has 13 heavy (non-hydrogen) atoms. The zero-order chi connectivity index (χ0) is 9.26. The molecular formula is C7H7ClN4O. The smallest absolute Gasteiger partial charge is 0.225 e. The van der Waals surface area contributed by atoms with Crippen molar-refractivity contribution in [3.63, 3.8) is 0 Å². The van der Waals surface area contributed by atoms with Crippen molar-refractivity contribution in [1.82, 2.24) is 19.9 Å². The third kappa shape index (κ3) is 1.55.